The Labute approximate surface area is 210 Å². The number of hydrogen-bond donors (Lipinski definition) is 2. The van der Waals surface area contributed by atoms with Crippen molar-refractivity contribution in [3.05, 3.63) is 114 Å². The molecule has 4 aromatic carbocycles. The third-order valence-corrected chi connectivity index (χ3v) is 20.3. The van der Waals surface area contributed by atoms with Crippen LogP contribution >= 0.6 is 0 Å². The minimum atomic E-state index is -2.30. The van der Waals surface area contributed by atoms with E-state index in [0.717, 1.165) is 0 Å². The van der Waals surface area contributed by atoms with Crippen LogP contribution in [-0.4, -0.2) is 33.5 Å². The van der Waals surface area contributed by atoms with Gasteiger partial charge in [-0.3, -0.25) is 0 Å². The van der Waals surface area contributed by atoms with Gasteiger partial charge >= 0.3 is 7.32 Å². The zero-order valence-corrected chi connectivity index (χ0v) is 22.7. The van der Waals surface area contributed by atoms with E-state index < -0.39 is 23.5 Å². The van der Waals surface area contributed by atoms with Gasteiger partial charge in [0.25, 0.3) is 0 Å². The van der Waals surface area contributed by atoms with Crippen molar-refractivity contribution in [2.45, 2.75) is 30.8 Å². The second-order valence-corrected chi connectivity index (χ2v) is 20.1. The summed E-state index contributed by atoms with van der Waals surface area (Å²) < 4.78 is 5.18. The molecule has 0 heterocycles. The Bertz CT molecular complexity index is 1300. The zero-order valence-electron chi connectivity index (χ0n) is 20.7. The van der Waals surface area contributed by atoms with E-state index in [1.807, 2.05) is 6.07 Å². The maximum Gasteiger partial charge on any atom is 0.707 e. The monoisotopic (exact) mass is 494 g/mol. The lowest BCUT2D eigenvalue weighted by molar-refractivity contribution is 0.288. The first-order valence-corrected chi connectivity index (χ1v) is 18.1. The van der Waals surface area contributed by atoms with Gasteiger partial charge in [0.15, 0.2) is 0 Å². The van der Waals surface area contributed by atoms with Crippen molar-refractivity contribution in [2.24, 2.45) is 0 Å². The highest BCUT2D eigenvalue weighted by molar-refractivity contribution is 7.10. The van der Waals surface area contributed by atoms with Gasteiger partial charge in [0, 0.05) is 4.66 Å². The van der Waals surface area contributed by atoms with Crippen LogP contribution < -0.4 is 15.0 Å². The van der Waals surface area contributed by atoms with Gasteiger partial charge in [-0.2, -0.15) is 0 Å². The Balaban J connectivity index is 1.93. The minimum Gasteiger partial charge on any atom is -0.512 e. The van der Waals surface area contributed by atoms with Gasteiger partial charge in [-0.25, -0.2) is 0 Å². The van der Waals surface area contributed by atoms with Crippen molar-refractivity contribution in [1.29, 1.82) is 0 Å². The van der Waals surface area contributed by atoms with Gasteiger partial charge in [0.2, 0.25) is 0 Å². The van der Waals surface area contributed by atoms with Gasteiger partial charge in [-0.1, -0.05) is 128 Å². The molecule has 0 amide bonds. The topological polar surface area (TPSA) is 49.7 Å². The predicted molar refractivity (Wildman–Crippen MR) is 151 cm³/mol. The summed E-state index contributed by atoms with van der Waals surface area (Å²) >= 11 is 0. The van der Waals surface area contributed by atoms with Crippen molar-refractivity contribution in [3.8, 4) is 16.9 Å². The van der Waals surface area contributed by atoms with E-state index in [2.05, 4.69) is 123 Å². The van der Waals surface area contributed by atoms with E-state index in [0.29, 0.717) is 5.75 Å². The van der Waals surface area contributed by atoms with E-state index in [4.69, 9.17) is 4.65 Å². The maximum atomic E-state index is 9.58. The second kappa shape index (κ2) is 8.64. The van der Waals surface area contributed by atoms with Crippen molar-refractivity contribution in [3.63, 3.8) is 0 Å². The summed E-state index contributed by atoms with van der Waals surface area (Å²) in [6, 6.07) is 36.8. The molecule has 0 atom stereocenters. The molecular formula is C29H31BO3Si2. The predicted octanol–water partition coefficient (Wildman–Crippen LogP) is 4.61. The molecule has 2 N–H and O–H groups in total. The number of benzene rings is 4. The van der Waals surface area contributed by atoms with Crippen LogP contribution in [0.4, 0.5) is 0 Å². The van der Waals surface area contributed by atoms with Crippen LogP contribution in [0.2, 0.25) is 26.2 Å². The normalized spacial score (nSPS) is 14.2. The zero-order chi connectivity index (χ0) is 24.8. The van der Waals surface area contributed by atoms with Crippen molar-refractivity contribution >= 4 is 33.8 Å². The van der Waals surface area contributed by atoms with Crippen molar-refractivity contribution < 1.29 is 14.7 Å². The SMILES string of the molecule is C[Si](C)(c1ccccc1)C1([Si](C)(C)c2ccccc2)c2ccccc2-c2ccc(OB(O)O)cc21. The van der Waals surface area contributed by atoms with Gasteiger partial charge in [-0.15, -0.1) is 0 Å². The fraction of sp³-hybridized carbons (Fsp3) is 0.172. The van der Waals surface area contributed by atoms with E-state index in [9.17, 15) is 10.0 Å². The Hall–Kier alpha value is -2.90. The minimum absolute atomic E-state index is 0.228. The summed E-state index contributed by atoms with van der Waals surface area (Å²) in [4.78, 5) is 0. The van der Waals surface area contributed by atoms with Gasteiger partial charge in [0.05, 0.1) is 16.1 Å². The molecule has 4 aromatic rings. The van der Waals surface area contributed by atoms with Crippen LogP contribution in [0, 0.1) is 0 Å². The smallest absolute Gasteiger partial charge is 0.512 e. The molecule has 0 bridgehead atoms. The highest BCUT2D eigenvalue weighted by Crippen LogP contribution is 2.58. The molecule has 1 aliphatic rings. The molecule has 3 nitrogen and oxygen atoms in total. The van der Waals surface area contributed by atoms with Crippen LogP contribution in [-0.2, 0) is 4.66 Å². The second-order valence-electron chi connectivity index (χ2n) is 10.4. The lowest BCUT2D eigenvalue weighted by atomic mass is 10.1. The van der Waals surface area contributed by atoms with Crippen LogP contribution in [0.5, 0.6) is 5.75 Å². The van der Waals surface area contributed by atoms with E-state index in [1.54, 1.807) is 0 Å². The molecule has 35 heavy (non-hydrogen) atoms. The molecule has 0 aromatic heterocycles. The number of hydrogen-bond acceptors (Lipinski definition) is 3. The summed E-state index contributed by atoms with van der Waals surface area (Å²) in [6.07, 6.45) is 0. The Morgan fingerprint density at radius 2 is 1.09 bits per heavy atom. The van der Waals surface area contributed by atoms with E-state index in [1.165, 1.54) is 32.6 Å². The molecule has 0 saturated carbocycles. The summed E-state index contributed by atoms with van der Waals surface area (Å²) in [7, 11) is -6.45. The highest BCUT2D eigenvalue weighted by atomic mass is 28.4. The van der Waals surface area contributed by atoms with E-state index >= 15 is 0 Å². The van der Waals surface area contributed by atoms with Crippen LogP contribution in [0.25, 0.3) is 11.1 Å². The summed E-state index contributed by atoms with van der Waals surface area (Å²) in [5.41, 5.74) is 5.12. The van der Waals surface area contributed by atoms with Crippen LogP contribution in [0.3, 0.4) is 0 Å². The third-order valence-electron chi connectivity index (χ3n) is 8.12. The van der Waals surface area contributed by atoms with Gasteiger partial charge < -0.3 is 14.7 Å². The molecule has 0 saturated heterocycles. The van der Waals surface area contributed by atoms with Crippen molar-refractivity contribution in [1.82, 2.24) is 0 Å². The molecule has 0 fully saturated rings. The first-order valence-electron chi connectivity index (χ1n) is 12.1. The van der Waals surface area contributed by atoms with Crippen molar-refractivity contribution in [2.75, 3.05) is 0 Å². The molecule has 6 heteroatoms. The summed E-state index contributed by atoms with van der Waals surface area (Å²) in [6.45, 7) is 10.0. The summed E-state index contributed by atoms with van der Waals surface area (Å²) in [5, 5.41) is 22.0. The van der Waals surface area contributed by atoms with Gasteiger partial charge in [-0.05, 0) is 34.4 Å². The molecule has 5 rings (SSSR count). The standard InChI is InChI=1S/C29H31BO3Si2/c1-34(2,23-13-7-5-8-14-23)29(35(3,4)24-15-9-6-10-16-24)27-18-12-11-17-25(27)26-20-19-22(21-28(26)29)33-30(31)32/h5-21,31-32H,1-4H3. The Morgan fingerprint density at radius 1 is 0.600 bits per heavy atom. The molecule has 176 valence electrons. The average molecular weight is 495 g/mol. The quantitative estimate of drug-likeness (QED) is 0.385. The maximum absolute atomic E-state index is 9.58. The summed E-state index contributed by atoms with van der Waals surface area (Å²) in [5.74, 6) is 0.478. The highest BCUT2D eigenvalue weighted by Gasteiger charge is 2.63. The fourth-order valence-electron chi connectivity index (χ4n) is 6.72. The molecule has 0 radical (unpaired) electrons. The van der Waals surface area contributed by atoms with E-state index in [-0.39, 0.29) is 4.66 Å². The first kappa shape index (κ1) is 23.8. The fourth-order valence-corrected chi connectivity index (χ4v) is 20.3. The largest absolute Gasteiger partial charge is 0.707 e. The Morgan fingerprint density at radius 3 is 1.63 bits per heavy atom. The average Bonchev–Trinajstić information content (AvgIpc) is 3.16. The molecular weight excluding hydrogens is 463 g/mol. The number of fused-ring (bicyclic) bond motifs is 3. The molecule has 0 spiro atoms. The molecule has 0 aliphatic heterocycles. The lowest BCUT2D eigenvalue weighted by Crippen LogP contribution is -2.74. The molecule has 0 unspecified atom stereocenters. The van der Waals surface area contributed by atoms with Crippen LogP contribution in [0.15, 0.2) is 103 Å². The Kier molecular flexibility index (Phi) is 5.88. The lowest BCUT2D eigenvalue weighted by Gasteiger charge is -2.54. The first-order chi connectivity index (χ1) is 16.7. The van der Waals surface area contributed by atoms with Gasteiger partial charge in [0.1, 0.15) is 5.75 Å². The van der Waals surface area contributed by atoms with Crippen LogP contribution in [0.1, 0.15) is 11.1 Å². The number of rotatable bonds is 6. The third kappa shape index (κ3) is 3.47. The molecule has 1 aliphatic carbocycles.